The van der Waals surface area contributed by atoms with Crippen molar-refractivity contribution >= 4 is 0 Å². The van der Waals surface area contributed by atoms with E-state index in [2.05, 4.69) is 13.8 Å². The van der Waals surface area contributed by atoms with Gasteiger partial charge in [-0.3, -0.25) is 0 Å². The molecule has 1 fully saturated rings. The third-order valence-electron chi connectivity index (χ3n) is 4.21. The number of hydrogen-bond acceptors (Lipinski definition) is 3. The Morgan fingerprint density at radius 3 is 2.05 bits per heavy atom. The van der Waals surface area contributed by atoms with Crippen molar-refractivity contribution in [2.24, 2.45) is 5.92 Å². The average molecular weight is 286 g/mol. The normalized spacial score (nSPS) is 20.1. The van der Waals surface area contributed by atoms with E-state index in [1.165, 1.54) is 38.5 Å². The summed E-state index contributed by atoms with van der Waals surface area (Å²) >= 11 is 0. The molecule has 0 aromatic carbocycles. The molecule has 0 amide bonds. The average Bonchev–Trinajstić information content (AvgIpc) is 3.22. The van der Waals surface area contributed by atoms with Crippen LogP contribution in [-0.4, -0.2) is 31.7 Å². The van der Waals surface area contributed by atoms with Crippen molar-refractivity contribution in [1.29, 1.82) is 0 Å². The fourth-order valence-electron chi connectivity index (χ4n) is 3.05. The molecule has 1 aliphatic heterocycles. The fraction of sp³-hybridized carbons (Fsp3) is 1.00. The Bertz CT molecular complexity index is 232. The second-order valence-corrected chi connectivity index (χ2v) is 5.92. The summed E-state index contributed by atoms with van der Waals surface area (Å²) in [6.07, 6.45) is 9.46. The van der Waals surface area contributed by atoms with Crippen molar-refractivity contribution in [1.82, 2.24) is 0 Å². The zero-order chi connectivity index (χ0) is 14.8. The highest BCUT2D eigenvalue weighted by Gasteiger charge is 2.46. The van der Waals surface area contributed by atoms with E-state index in [0.717, 1.165) is 13.0 Å². The smallest absolute Gasteiger partial charge is 0.170 e. The van der Waals surface area contributed by atoms with Gasteiger partial charge in [-0.25, -0.2) is 0 Å². The molecule has 2 atom stereocenters. The van der Waals surface area contributed by atoms with Gasteiger partial charge in [-0.1, -0.05) is 45.4 Å². The van der Waals surface area contributed by atoms with Gasteiger partial charge < -0.3 is 14.2 Å². The second-order valence-electron chi connectivity index (χ2n) is 5.92. The molecule has 2 unspecified atom stereocenters. The van der Waals surface area contributed by atoms with Crippen molar-refractivity contribution < 1.29 is 14.2 Å². The maximum atomic E-state index is 5.93. The first kappa shape index (κ1) is 17.9. The maximum Gasteiger partial charge on any atom is 0.170 e. The van der Waals surface area contributed by atoms with E-state index in [0.29, 0.717) is 25.2 Å². The molecule has 0 saturated carbocycles. The van der Waals surface area contributed by atoms with Gasteiger partial charge in [0.15, 0.2) is 5.79 Å². The molecule has 3 heteroatoms. The first-order valence-electron chi connectivity index (χ1n) is 8.57. The SMILES string of the molecule is CCCCCCCCC(C1CO1)C(C)(OCC)OCC. The van der Waals surface area contributed by atoms with Crippen LogP contribution >= 0.6 is 0 Å². The summed E-state index contributed by atoms with van der Waals surface area (Å²) in [5.74, 6) is -0.109. The molecule has 20 heavy (non-hydrogen) atoms. The van der Waals surface area contributed by atoms with Crippen molar-refractivity contribution in [2.45, 2.75) is 84.5 Å². The fourth-order valence-corrected chi connectivity index (χ4v) is 3.05. The zero-order valence-corrected chi connectivity index (χ0v) is 14.0. The molecule has 0 aliphatic carbocycles. The predicted molar refractivity (Wildman–Crippen MR) is 82.9 cm³/mol. The molecule has 0 radical (unpaired) electrons. The van der Waals surface area contributed by atoms with E-state index in [1.54, 1.807) is 0 Å². The van der Waals surface area contributed by atoms with Gasteiger partial charge in [0.25, 0.3) is 0 Å². The second kappa shape index (κ2) is 9.75. The van der Waals surface area contributed by atoms with Gasteiger partial charge in [-0.2, -0.15) is 0 Å². The minimum atomic E-state index is -0.478. The highest BCUT2D eigenvalue weighted by atomic mass is 16.7. The van der Waals surface area contributed by atoms with Crippen LogP contribution in [0, 0.1) is 5.92 Å². The topological polar surface area (TPSA) is 31.0 Å². The summed E-state index contributed by atoms with van der Waals surface area (Å²) in [5, 5.41) is 0. The molecule has 0 aromatic rings. The van der Waals surface area contributed by atoms with Crippen LogP contribution < -0.4 is 0 Å². The zero-order valence-electron chi connectivity index (χ0n) is 14.0. The van der Waals surface area contributed by atoms with E-state index >= 15 is 0 Å². The predicted octanol–water partition coefficient (Wildman–Crippen LogP) is 4.54. The van der Waals surface area contributed by atoms with Gasteiger partial charge in [-0.05, 0) is 27.2 Å². The minimum absolute atomic E-state index is 0.341. The highest BCUT2D eigenvalue weighted by Crippen LogP contribution is 2.37. The molecule has 1 aliphatic rings. The van der Waals surface area contributed by atoms with Gasteiger partial charge in [-0.15, -0.1) is 0 Å². The number of hydrogen-bond donors (Lipinski definition) is 0. The molecule has 0 bridgehead atoms. The van der Waals surface area contributed by atoms with Crippen LogP contribution in [0.25, 0.3) is 0 Å². The molecule has 1 saturated heterocycles. The van der Waals surface area contributed by atoms with Crippen LogP contribution in [-0.2, 0) is 14.2 Å². The summed E-state index contributed by atoms with van der Waals surface area (Å²) in [6, 6.07) is 0. The van der Waals surface area contributed by atoms with Gasteiger partial charge in [0.2, 0.25) is 0 Å². The summed E-state index contributed by atoms with van der Waals surface area (Å²) in [6.45, 7) is 10.7. The summed E-state index contributed by atoms with van der Waals surface area (Å²) in [4.78, 5) is 0. The van der Waals surface area contributed by atoms with Crippen molar-refractivity contribution in [3.63, 3.8) is 0 Å². The number of unbranched alkanes of at least 4 members (excludes halogenated alkanes) is 5. The van der Waals surface area contributed by atoms with E-state index in [-0.39, 0.29) is 0 Å². The molecule has 1 rings (SSSR count). The van der Waals surface area contributed by atoms with Gasteiger partial charge in [0.1, 0.15) is 0 Å². The van der Waals surface area contributed by atoms with Crippen LogP contribution in [0.4, 0.5) is 0 Å². The Kier molecular flexibility index (Phi) is 8.74. The third-order valence-corrected chi connectivity index (χ3v) is 4.21. The van der Waals surface area contributed by atoms with Gasteiger partial charge in [0, 0.05) is 19.1 Å². The largest absolute Gasteiger partial charge is 0.373 e. The molecular formula is C17H34O3. The lowest BCUT2D eigenvalue weighted by Crippen LogP contribution is -2.43. The Balaban J connectivity index is 2.38. The van der Waals surface area contributed by atoms with E-state index < -0.39 is 5.79 Å². The lowest BCUT2D eigenvalue weighted by Gasteiger charge is -2.36. The Labute approximate surface area is 125 Å². The van der Waals surface area contributed by atoms with E-state index in [4.69, 9.17) is 14.2 Å². The summed E-state index contributed by atoms with van der Waals surface area (Å²) in [5.41, 5.74) is 0. The monoisotopic (exact) mass is 286 g/mol. The van der Waals surface area contributed by atoms with Gasteiger partial charge >= 0.3 is 0 Å². The third kappa shape index (κ3) is 6.11. The lowest BCUT2D eigenvalue weighted by molar-refractivity contribution is -0.256. The molecule has 0 aromatic heterocycles. The molecule has 0 N–H and O–H groups in total. The molecule has 1 heterocycles. The van der Waals surface area contributed by atoms with E-state index in [9.17, 15) is 0 Å². The van der Waals surface area contributed by atoms with Crippen LogP contribution in [0.1, 0.15) is 72.6 Å². The molecule has 120 valence electrons. The molecular weight excluding hydrogens is 252 g/mol. The molecule has 0 spiro atoms. The highest BCUT2D eigenvalue weighted by molar-refractivity contribution is 4.88. The van der Waals surface area contributed by atoms with Crippen LogP contribution in [0.5, 0.6) is 0 Å². The van der Waals surface area contributed by atoms with Crippen molar-refractivity contribution in [3.05, 3.63) is 0 Å². The number of epoxide rings is 1. The Morgan fingerprint density at radius 2 is 1.55 bits per heavy atom. The lowest BCUT2D eigenvalue weighted by atomic mass is 9.89. The molecule has 3 nitrogen and oxygen atoms in total. The summed E-state index contributed by atoms with van der Waals surface area (Å²) < 4.78 is 17.4. The summed E-state index contributed by atoms with van der Waals surface area (Å²) in [7, 11) is 0. The minimum Gasteiger partial charge on any atom is -0.373 e. The van der Waals surface area contributed by atoms with Gasteiger partial charge in [0.05, 0.1) is 12.7 Å². The van der Waals surface area contributed by atoms with E-state index in [1.807, 2.05) is 13.8 Å². The quantitative estimate of drug-likeness (QED) is 0.283. The van der Waals surface area contributed by atoms with Crippen LogP contribution in [0.2, 0.25) is 0 Å². The maximum absolute atomic E-state index is 5.93. The first-order chi connectivity index (χ1) is 9.68. The Hall–Kier alpha value is -0.120. The van der Waals surface area contributed by atoms with Crippen LogP contribution in [0.15, 0.2) is 0 Å². The van der Waals surface area contributed by atoms with Crippen molar-refractivity contribution in [3.8, 4) is 0 Å². The van der Waals surface area contributed by atoms with Crippen molar-refractivity contribution in [2.75, 3.05) is 19.8 Å². The first-order valence-corrected chi connectivity index (χ1v) is 8.57. The van der Waals surface area contributed by atoms with Crippen LogP contribution in [0.3, 0.4) is 0 Å². The number of ether oxygens (including phenoxy) is 3. The Morgan fingerprint density at radius 1 is 1.00 bits per heavy atom. The number of rotatable bonds is 13. The standard InChI is InChI=1S/C17H34O3/c1-5-8-9-10-11-12-13-15(16-14-18-16)17(4,19-6-2)20-7-3/h15-16H,5-14H2,1-4H3.